The number of hydrogen-bond donors (Lipinski definition) is 4. The zero-order valence-corrected chi connectivity index (χ0v) is 61.3. The van der Waals surface area contributed by atoms with Gasteiger partial charge in [-0.25, -0.2) is 24.9 Å². The minimum Gasteiger partial charge on any atom is -0.481 e. The Hall–Kier alpha value is -11.0. The summed E-state index contributed by atoms with van der Waals surface area (Å²) < 4.78 is 129. The number of benzene rings is 3. The molecule has 109 heavy (non-hydrogen) atoms. The fourth-order valence-corrected chi connectivity index (χ4v) is 12.9. The maximum absolute atomic E-state index is 13.4. The van der Waals surface area contributed by atoms with Gasteiger partial charge in [-0.1, -0.05) is 61.5 Å². The molecule has 16 rings (SSSR count). The maximum Gasteiger partial charge on any atom is 0.586 e. The quantitative estimate of drug-likeness (QED) is 0.0447. The molecule has 3 aromatic carbocycles. The number of nitrogens with one attached hydrogen (secondary N) is 4. The summed E-state index contributed by atoms with van der Waals surface area (Å²) in [6, 6.07) is 34.4. The number of nitrogens with zero attached hydrogens (tertiary/aromatic N) is 5. The van der Waals surface area contributed by atoms with E-state index in [-0.39, 0.29) is 83.5 Å². The van der Waals surface area contributed by atoms with E-state index in [1.54, 1.807) is 75.7 Å². The highest BCUT2D eigenvalue weighted by atomic mass is 35.5. The Kier molecular flexibility index (Phi) is 20.6. The monoisotopic (exact) mass is 1520 g/mol. The number of methoxy groups -OCH3 is 2. The van der Waals surface area contributed by atoms with E-state index in [2.05, 4.69) is 74.3 Å². The van der Waals surface area contributed by atoms with Gasteiger partial charge in [0.1, 0.15) is 22.6 Å². The minimum absolute atomic E-state index is 0. The summed E-state index contributed by atoms with van der Waals surface area (Å²) in [7, 11) is 2.80. The number of alkyl halides is 6. The topological polar surface area (TPSA) is 277 Å². The Morgan fingerprint density at radius 2 is 0.807 bits per heavy atom. The van der Waals surface area contributed by atoms with Crippen molar-refractivity contribution >= 4 is 59.4 Å². The molecule has 3 aliphatic carbocycles. The summed E-state index contributed by atoms with van der Waals surface area (Å²) >= 11 is 5.97. The molecule has 4 aliphatic heterocycles. The van der Waals surface area contributed by atoms with Gasteiger partial charge in [0.2, 0.25) is 35.0 Å². The Morgan fingerprint density at radius 1 is 0.450 bits per heavy atom. The number of carbonyl (C=O) groups is 3. The first kappa shape index (κ1) is 77.6. The summed E-state index contributed by atoms with van der Waals surface area (Å²) in [6.45, 7) is 19.4. The zero-order chi connectivity index (χ0) is 77.4. The van der Waals surface area contributed by atoms with Gasteiger partial charge in [0, 0.05) is 40.1 Å². The molecule has 3 amide bonds. The van der Waals surface area contributed by atoms with E-state index < -0.39 is 35.1 Å². The zero-order valence-electron chi connectivity index (χ0n) is 60.5. The smallest absolute Gasteiger partial charge is 0.481 e. The Bertz CT molecular complexity index is 5140. The molecule has 1 saturated heterocycles. The van der Waals surface area contributed by atoms with E-state index in [0.29, 0.717) is 107 Å². The number of hydrogen-bond acceptors (Lipinski definition) is 19. The van der Waals surface area contributed by atoms with E-state index in [9.17, 15) is 45.5 Å². The summed E-state index contributed by atoms with van der Waals surface area (Å²) in [5, 5.41) is 8.80. The fourth-order valence-electron chi connectivity index (χ4n) is 12.7. The van der Waals surface area contributed by atoms with Crippen molar-refractivity contribution < 1.29 is 87.9 Å². The molecule has 0 spiro atoms. The van der Waals surface area contributed by atoms with Crippen molar-refractivity contribution in [1.29, 1.82) is 0 Å². The van der Waals surface area contributed by atoms with Crippen LogP contribution in [0.4, 0.5) is 43.8 Å². The number of aryl methyl sites for hydroxylation is 6. The molecule has 3 saturated carbocycles. The molecule has 31 heteroatoms. The minimum atomic E-state index is -3.71. The number of ether oxygens (including phenoxy) is 8. The second kappa shape index (κ2) is 28.9. The largest absolute Gasteiger partial charge is 0.586 e. The van der Waals surface area contributed by atoms with Crippen LogP contribution in [0.5, 0.6) is 46.3 Å². The number of H-pyrrole nitrogens is 1. The molecule has 23 nitrogen and oxygen atoms in total. The van der Waals surface area contributed by atoms with Gasteiger partial charge in [-0.05, 0) is 214 Å². The first-order chi connectivity index (χ1) is 50.9. The van der Waals surface area contributed by atoms with Crippen molar-refractivity contribution in [2.75, 3.05) is 30.2 Å². The number of fused-ring (bicyclic) bond motifs is 3. The Morgan fingerprint density at radius 3 is 1.17 bits per heavy atom. The summed E-state index contributed by atoms with van der Waals surface area (Å²) in [6.07, 6.45) is -7.53. The van der Waals surface area contributed by atoms with Gasteiger partial charge in [0.05, 0.1) is 58.7 Å². The average molecular weight is 1520 g/mol. The lowest BCUT2D eigenvalue weighted by Gasteiger charge is -2.32. The molecule has 9 aromatic rings. The standard InChI is InChI=1S/C24H21F2N3O4.C23H19F2N3O4.C17H13ClF2N2O3.C13H20BNO3.CH4/c1-13-4-8-19(28-21(13)16-6-9-20(31-3)27-14(16)2)29-22(30)23(10-11-23)15-5-7-17-18(12-15)33-24(25,26)32-17;1-12-3-7-18(27-20(12)15-5-8-19(29)26-13(15)2)28-21(30)22(9-10-22)14-4-6-16-17(11-14)32-23(24,25)31-16;1-9-2-5-13(21-14(9)18)22-15(23)16(6-7-16)10-3-4-11-12(8-10)25-17(19,20)24-11;1-9-10(7-8-11(15-9)16-6)14-17-12(2,3)13(4,5)18-14;/h4-9,12H,10-11H2,1-3H3,(H,28,29,30);3-8,11H,9-10H2,1-2H3,(H,26,29)(H,27,28,30);2-5,8H,6-7H2,1H3,(H,21,22,23);7-8H,1-6H3;1H4. The third kappa shape index (κ3) is 16.0. The number of rotatable bonds is 14. The second-order valence-corrected chi connectivity index (χ2v) is 28.4. The molecule has 570 valence electrons. The van der Waals surface area contributed by atoms with Gasteiger partial charge in [0.15, 0.2) is 34.5 Å². The lowest BCUT2D eigenvalue weighted by atomic mass is 9.78. The van der Waals surface area contributed by atoms with Crippen LogP contribution in [-0.2, 0) is 39.9 Å². The number of pyridine rings is 6. The third-order valence-corrected chi connectivity index (χ3v) is 20.5. The van der Waals surface area contributed by atoms with E-state index in [0.717, 1.165) is 44.7 Å². The van der Waals surface area contributed by atoms with E-state index in [1.807, 2.05) is 92.6 Å². The van der Waals surface area contributed by atoms with Crippen LogP contribution in [-0.4, -0.2) is 99.0 Å². The predicted molar refractivity (Wildman–Crippen MR) is 392 cm³/mol. The van der Waals surface area contributed by atoms with Gasteiger partial charge in [-0.2, -0.15) is 0 Å². The van der Waals surface area contributed by atoms with E-state index >= 15 is 0 Å². The molecular weight excluding hydrogens is 1450 g/mol. The Labute approximate surface area is 628 Å². The van der Waals surface area contributed by atoms with Crippen LogP contribution in [0.1, 0.15) is 124 Å². The van der Waals surface area contributed by atoms with Crippen molar-refractivity contribution in [1.82, 2.24) is 29.9 Å². The van der Waals surface area contributed by atoms with Gasteiger partial charge in [-0.15, -0.1) is 26.3 Å². The van der Waals surface area contributed by atoms with Crippen LogP contribution in [0.25, 0.3) is 22.5 Å². The van der Waals surface area contributed by atoms with Crippen LogP contribution >= 0.6 is 11.6 Å². The van der Waals surface area contributed by atoms with Gasteiger partial charge >= 0.3 is 26.0 Å². The van der Waals surface area contributed by atoms with Crippen LogP contribution in [0, 0.1) is 41.5 Å². The predicted octanol–water partition coefficient (Wildman–Crippen LogP) is 15.2. The maximum atomic E-state index is 13.4. The third-order valence-electron chi connectivity index (χ3n) is 20.1. The highest BCUT2D eigenvalue weighted by Gasteiger charge is 2.57. The van der Waals surface area contributed by atoms with E-state index in [1.165, 1.54) is 42.5 Å². The van der Waals surface area contributed by atoms with Crippen LogP contribution in [0.2, 0.25) is 5.15 Å². The molecule has 0 unspecified atom stereocenters. The van der Waals surface area contributed by atoms with Gasteiger partial charge < -0.3 is 68.1 Å². The lowest BCUT2D eigenvalue weighted by Crippen LogP contribution is -2.41. The molecule has 4 N–H and O–H groups in total. The SMILES string of the molecule is C.COc1ccc(-c2nc(NC(=O)C3(c4ccc5c(c4)OC(F)(F)O5)CC3)ccc2C)c(C)n1.COc1ccc(B2OC(C)(C)C(C)(C)O2)c(C)n1.Cc1ccc(NC(=O)C2(c3ccc4c(c3)OC(F)(F)O4)CC2)nc1-c1ccc(=O)[nH]c1C.Cc1ccc(NC(=O)C2(c3ccc4c(c3)OC(F)(F)O4)CC2)nc1Cl. The molecule has 4 fully saturated rings. The van der Waals surface area contributed by atoms with Crippen molar-refractivity contribution in [3.05, 3.63) is 193 Å². The number of aromatic nitrogens is 6. The summed E-state index contributed by atoms with van der Waals surface area (Å²) in [4.78, 5) is 75.5. The molecule has 0 bridgehead atoms. The molecule has 10 heterocycles. The normalized spacial score (nSPS) is 17.9. The first-order valence-corrected chi connectivity index (χ1v) is 34.6. The van der Waals surface area contributed by atoms with Crippen LogP contribution in [0.3, 0.4) is 0 Å². The number of halogens is 7. The second-order valence-electron chi connectivity index (χ2n) is 28.1. The number of aromatic amines is 1. The summed E-state index contributed by atoms with van der Waals surface area (Å²) in [5.41, 5.74) is 7.30. The van der Waals surface area contributed by atoms with Gasteiger partial charge in [-0.3, -0.25) is 19.2 Å². The molecule has 6 aromatic heterocycles. The fraction of sp³-hybridized carbons (Fsp3) is 0.346. The van der Waals surface area contributed by atoms with Gasteiger partial charge in [0.25, 0.3) is 0 Å². The number of amides is 3. The highest BCUT2D eigenvalue weighted by molar-refractivity contribution is 6.62. The Balaban J connectivity index is 0.000000138. The molecule has 7 aliphatic rings. The number of anilines is 3. The van der Waals surface area contributed by atoms with Crippen molar-refractivity contribution in [3.63, 3.8) is 0 Å². The molecule has 0 radical (unpaired) electrons. The molecule has 0 atom stereocenters. The van der Waals surface area contributed by atoms with Crippen molar-refractivity contribution in [3.8, 4) is 68.8 Å². The molecular formula is C78H77BClF6N9O14. The highest BCUT2D eigenvalue weighted by Crippen LogP contribution is 2.56. The first-order valence-electron chi connectivity index (χ1n) is 34.3. The van der Waals surface area contributed by atoms with Crippen molar-refractivity contribution in [2.45, 2.75) is 162 Å². The van der Waals surface area contributed by atoms with Crippen LogP contribution in [0.15, 0.2) is 132 Å². The van der Waals surface area contributed by atoms with Crippen molar-refractivity contribution in [2.24, 2.45) is 0 Å². The number of carbonyl (C=O) groups excluding carboxylic acids is 3. The van der Waals surface area contributed by atoms with Crippen LogP contribution < -0.4 is 64.9 Å². The lowest BCUT2D eigenvalue weighted by molar-refractivity contribution is -0.287. The summed E-state index contributed by atoms with van der Waals surface area (Å²) in [5.74, 6) is 1.05. The average Bonchev–Trinajstić information content (AvgIpc) is 1.57. The van der Waals surface area contributed by atoms with E-state index in [4.69, 9.17) is 30.4 Å².